The van der Waals surface area contributed by atoms with Gasteiger partial charge in [0, 0.05) is 97.4 Å². The maximum absolute atomic E-state index is 15.0. The highest BCUT2D eigenvalue weighted by atomic mass is 31.2. The van der Waals surface area contributed by atoms with Crippen molar-refractivity contribution in [1.82, 2.24) is 10.6 Å². The molecule has 4 aliphatic rings. The summed E-state index contributed by atoms with van der Waals surface area (Å²) >= 11 is 0. The summed E-state index contributed by atoms with van der Waals surface area (Å²) in [6, 6.07) is 43.3. The lowest BCUT2D eigenvalue weighted by Crippen LogP contribution is -2.66. The summed E-state index contributed by atoms with van der Waals surface area (Å²) in [5.41, 5.74) is 17.2. The van der Waals surface area contributed by atoms with Crippen molar-refractivity contribution in [3.05, 3.63) is 212 Å². The quantitative estimate of drug-likeness (QED) is 0.00531. The fourth-order valence-corrected chi connectivity index (χ4v) is 18.6. The largest absolute Gasteiger partial charge is 0.463 e. The lowest BCUT2D eigenvalue weighted by molar-refractivity contribution is -0.783. The van der Waals surface area contributed by atoms with Crippen LogP contribution in [0.1, 0.15) is 62.3 Å². The summed E-state index contributed by atoms with van der Waals surface area (Å²) in [7, 11) is -4.41. The maximum Gasteiger partial charge on any atom is 0.303 e. The molecule has 2 amide bonds. The molecule has 6 aromatic rings. The monoisotopic (exact) mass is 1700 g/mol. The van der Waals surface area contributed by atoms with E-state index in [1.807, 2.05) is 12.1 Å². The molecule has 43 heteroatoms. The fourth-order valence-electron chi connectivity index (χ4n) is 12.9. The van der Waals surface area contributed by atoms with Gasteiger partial charge in [-0.3, -0.25) is 43.2 Å². The summed E-state index contributed by atoms with van der Waals surface area (Å²) in [6.45, 7) is 4.65. The Morgan fingerprint density at radius 3 is 1.15 bits per heavy atom. The van der Waals surface area contributed by atoms with Gasteiger partial charge in [0.1, 0.15) is 80.1 Å². The van der Waals surface area contributed by atoms with E-state index in [2.05, 4.69) is 35.5 Å². The summed E-state index contributed by atoms with van der Waals surface area (Å²) in [5.74, 6) is -5.95. The summed E-state index contributed by atoms with van der Waals surface area (Å²) in [5, 5.41) is 93.3. The van der Waals surface area contributed by atoms with Crippen molar-refractivity contribution in [2.75, 3.05) is 40.6 Å². The second-order valence-electron chi connectivity index (χ2n) is 26.2. The maximum atomic E-state index is 15.0. The first-order valence-electron chi connectivity index (χ1n) is 36.1. The van der Waals surface area contributed by atoms with Gasteiger partial charge in [0.25, 0.3) is 16.9 Å². The number of nitrogens with zero attached hydrogens (tertiary/aromatic N) is 7. The molecular formula is C76H89N9O32P2. The number of carbonyl (C=O) groups is 8. The van der Waals surface area contributed by atoms with Crippen LogP contribution in [0.5, 0.6) is 0 Å². The van der Waals surface area contributed by atoms with Gasteiger partial charge in [0.05, 0.1) is 30.4 Å². The second kappa shape index (κ2) is 45.1. The van der Waals surface area contributed by atoms with E-state index in [-0.39, 0.29) is 16.4 Å². The lowest BCUT2D eigenvalue weighted by atomic mass is 9.96. The van der Waals surface area contributed by atoms with Gasteiger partial charge in [0.15, 0.2) is 57.6 Å². The number of nitrogens with one attached hydrogen (secondary N) is 2. The van der Waals surface area contributed by atoms with Crippen LogP contribution in [-0.4, -0.2) is 252 Å². The number of carbonyl (C=O) groups excluding carboxylic acids is 8. The van der Waals surface area contributed by atoms with Gasteiger partial charge < -0.3 is 112 Å². The average Bonchev–Trinajstić information content (AvgIpc) is 0.762. The van der Waals surface area contributed by atoms with Crippen LogP contribution in [0.2, 0.25) is 0 Å². The van der Waals surface area contributed by atoms with Crippen molar-refractivity contribution in [1.29, 1.82) is 0 Å². The van der Waals surface area contributed by atoms with E-state index in [0.29, 0.717) is 26.5 Å². The molecule has 20 atom stereocenters. The fraction of sp³-hybridized carbons (Fsp3) is 0.421. The Kier molecular flexibility index (Phi) is 36.0. The lowest BCUT2D eigenvalue weighted by Gasteiger charge is -2.43. The molecule has 0 bridgehead atoms. The van der Waals surface area contributed by atoms with Crippen LogP contribution in [0.15, 0.2) is 180 Å². The molecule has 6 aromatic carbocycles. The van der Waals surface area contributed by atoms with Crippen molar-refractivity contribution in [2.45, 2.75) is 164 Å². The third-order valence-corrected chi connectivity index (χ3v) is 24.4. The molecule has 9 N–H and O–H groups in total. The van der Waals surface area contributed by atoms with Crippen molar-refractivity contribution in [2.24, 2.45) is 10.2 Å². The van der Waals surface area contributed by atoms with Gasteiger partial charge in [-0.05, 0) is 23.2 Å². The molecule has 0 radical (unpaired) electrons. The predicted octanol–water partition coefficient (Wildman–Crippen LogP) is 0.854. The highest BCUT2D eigenvalue weighted by Gasteiger charge is 2.54. The highest BCUT2D eigenvalue weighted by molar-refractivity contribution is 7.86. The Bertz CT molecular complexity index is 4550. The third kappa shape index (κ3) is 24.5. The number of aliphatic hydroxyl groups excluding tert-OH is 7. The molecule has 41 nitrogen and oxygen atoms in total. The Balaban J connectivity index is 0.000000231. The Morgan fingerprint density at radius 1 is 0.437 bits per heavy atom. The SMILES string of the molecule is CC(=O)OCC1OC(O)C(NC(=O)c2ccccc2P(=O)(c2ccccc2)c2ccccc2)[C@@H](OC(C)=O)[C@@H]1OC(C)=O.CC(=O)OCC1OC(O[N+](=O)[O-])C(N=[N+]=[N-])[C@@H](OC(C)=O)[C@@H]1OC(C)=O.COC1OC(CO)[C@H](O)[C@H](O)C1N=[N+]=[N-].COC1OC(CO)[C@H](O)[C@H](O)C1NC(=O)c1ccccc1P(=O)(c1ccccc1)c1ccccc1. The molecule has 4 heterocycles. The Morgan fingerprint density at radius 2 is 0.773 bits per heavy atom. The van der Waals surface area contributed by atoms with Crippen LogP contribution in [-0.2, 0) is 99.6 Å². The minimum Gasteiger partial charge on any atom is -0.463 e. The molecule has 4 fully saturated rings. The summed E-state index contributed by atoms with van der Waals surface area (Å²) in [6.07, 6.45) is -21.4. The van der Waals surface area contributed by atoms with Crippen LogP contribution in [0.4, 0.5) is 0 Å². The molecule has 10 rings (SSSR count). The number of aliphatic hydroxyl groups is 7. The van der Waals surface area contributed by atoms with Crippen LogP contribution in [0.3, 0.4) is 0 Å². The second-order valence-corrected chi connectivity index (χ2v) is 31.7. The zero-order chi connectivity index (χ0) is 87.4. The van der Waals surface area contributed by atoms with E-state index in [1.54, 1.807) is 152 Å². The molecule has 4 saturated heterocycles. The zero-order valence-corrected chi connectivity index (χ0v) is 66.7. The van der Waals surface area contributed by atoms with Crippen molar-refractivity contribution < 1.29 is 150 Å². The highest BCUT2D eigenvalue weighted by Crippen LogP contribution is 2.45. The number of benzene rings is 6. The first-order chi connectivity index (χ1) is 56.7. The zero-order valence-electron chi connectivity index (χ0n) is 64.9. The standard InChI is InChI=1S/C31H32NO10P.C26H28NO7P.C12H16N4O10.C7H13N3O5/c1-19(33)39-18-25-28(40-20(2)34)29(41-21(3)35)27(31(37)42-25)32-30(36)24-16-10-11-17-26(24)43(38,22-12-6-4-7-13-22)23-14-8-5-9-15-23;1-33-26-22(24(30)23(29)20(16-28)34-26)27-25(31)19-14-8-9-15-21(19)35(32,17-10-4-2-5-11-17)18-12-6-3-7-13-18;1-5(17)22-4-8-10(23-6(2)18)11(24-7(3)19)9(14-15-13)12(25-8)26-16(20)21;1-14-7-4(9-10-8)6(13)5(12)3(2-11)15-7/h4-17,25,27-29,31,37H,18H2,1-3H3,(H,32,36);2-15,20,22-24,26,28-30H,16H2,1H3,(H,27,31);8-12H,4H2,1-3H3;3-7,11-13H,2H2,1H3/t25?,27?,28-,29-,31?;20?,22?,23-,24+,26?;8?,9?,10-,11-,12?;3?,4?,5-,6+,7?/m1010/s1. The van der Waals surface area contributed by atoms with Crippen LogP contribution >= 0.6 is 14.3 Å². The third-order valence-electron chi connectivity index (χ3n) is 18.2. The Hall–Kier alpha value is -11.2. The molecular weight excluding hydrogens is 1610 g/mol. The molecule has 0 spiro atoms. The molecule has 0 aliphatic carbocycles. The number of azide groups is 2. The van der Waals surface area contributed by atoms with Crippen molar-refractivity contribution in [3.8, 4) is 0 Å². The normalized spacial score (nSPS) is 26.2. The molecule has 0 saturated carbocycles. The van der Waals surface area contributed by atoms with Gasteiger partial charge in [-0.2, -0.15) is 0 Å². The van der Waals surface area contributed by atoms with Crippen LogP contribution < -0.4 is 42.5 Å². The van der Waals surface area contributed by atoms with Gasteiger partial charge in [-0.15, -0.1) is 10.1 Å². The average molecular weight is 1700 g/mol. The number of amides is 2. The summed E-state index contributed by atoms with van der Waals surface area (Å²) < 4.78 is 92.0. The molecule has 4 aliphatic heterocycles. The van der Waals surface area contributed by atoms with E-state index in [0.717, 1.165) is 41.5 Å². The van der Waals surface area contributed by atoms with Crippen LogP contribution in [0, 0.1) is 10.1 Å². The van der Waals surface area contributed by atoms with E-state index in [9.17, 15) is 83.7 Å². The van der Waals surface area contributed by atoms with E-state index >= 15 is 4.57 Å². The number of methoxy groups -OCH3 is 2. The number of hydrogen-bond donors (Lipinski definition) is 9. The van der Waals surface area contributed by atoms with E-state index < -0.39 is 216 Å². The Labute approximate surface area is 678 Å². The number of esters is 6. The van der Waals surface area contributed by atoms with Crippen molar-refractivity contribution in [3.63, 3.8) is 0 Å². The minimum absolute atomic E-state index is 0.0402. The molecule has 0 aromatic heterocycles. The van der Waals surface area contributed by atoms with Gasteiger partial charge >= 0.3 is 35.8 Å². The topological polar surface area (TPSA) is 597 Å². The van der Waals surface area contributed by atoms with Crippen LogP contribution in [0.25, 0.3) is 20.9 Å². The van der Waals surface area contributed by atoms with Gasteiger partial charge in [-0.1, -0.05) is 168 Å². The van der Waals surface area contributed by atoms with Crippen molar-refractivity contribution >= 4 is 93.7 Å². The summed E-state index contributed by atoms with van der Waals surface area (Å²) in [4.78, 5) is 117. The smallest absolute Gasteiger partial charge is 0.303 e. The number of hydrogen-bond acceptors (Lipinski definition) is 34. The molecule has 119 heavy (non-hydrogen) atoms. The van der Waals surface area contributed by atoms with E-state index in [4.69, 9.17) is 73.0 Å². The predicted molar refractivity (Wildman–Crippen MR) is 413 cm³/mol. The van der Waals surface area contributed by atoms with Gasteiger partial charge in [0.2, 0.25) is 6.29 Å². The molecule has 12 unspecified atom stereocenters. The molecule has 640 valence electrons. The minimum atomic E-state index is -3.59. The number of rotatable bonds is 26. The number of ether oxygens (including phenoxy) is 12. The first kappa shape index (κ1) is 95.0. The van der Waals surface area contributed by atoms with Gasteiger partial charge in [-0.25, -0.2) is 0 Å². The van der Waals surface area contributed by atoms with E-state index in [1.165, 1.54) is 20.3 Å². The first-order valence-corrected chi connectivity index (χ1v) is 39.5.